The summed E-state index contributed by atoms with van der Waals surface area (Å²) in [5.41, 5.74) is 0. The van der Waals surface area contributed by atoms with Crippen molar-refractivity contribution in [3.05, 3.63) is 54.6 Å². The van der Waals surface area contributed by atoms with Crippen LogP contribution in [0.1, 0.15) is 0 Å². The third-order valence-electron chi connectivity index (χ3n) is 3.29. The summed E-state index contributed by atoms with van der Waals surface area (Å²) in [5.74, 6) is -0.538. The lowest BCUT2D eigenvalue weighted by Gasteiger charge is -2.11. The fraction of sp³-hybridized carbons (Fsp3) is 0. The molecule has 0 radical (unpaired) electrons. The van der Waals surface area contributed by atoms with Gasteiger partial charge in [0.15, 0.2) is 34.5 Å². The van der Waals surface area contributed by atoms with Crippen LogP contribution in [0.5, 0.6) is 51.7 Å². The Morgan fingerprint density at radius 1 is 0.440 bits per heavy atom. The molecule has 5 N–H and O–H groups in total. The van der Waals surface area contributed by atoms with Crippen LogP contribution in [-0.4, -0.2) is 25.5 Å². The lowest BCUT2D eigenvalue weighted by atomic mass is 10.2. The third-order valence-corrected chi connectivity index (χ3v) is 3.29. The average molecular weight is 342 g/mol. The van der Waals surface area contributed by atoms with Gasteiger partial charge in [-0.15, -0.1) is 0 Å². The number of hydrogen-bond donors (Lipinski definition) is 5. The highest BCUT2D eigenvalue weighted by atomic mass is 16.5. The van der Waals surface area contributed by atoms with Crippen LogP contribution in [-0.2, 0) is 0 Å². The minimum atomic E-state index is -0.343. The van der Waals surface area contributed by atoms with Gasteiger partial charge in [-0.1, -0.05) is 0 Å². The van der Waals surface area contributed by atoms with Gasteiger partial charge in [0.25, 0.3) is 0 Å². The second kappa shape index (κ2) is 6.40. The summed E-state index contributed by atoms with van der Waals surface area (Å²) in [4.78, 5) is 0. The molecule has 0 saturated heterocycles. The first-order valence-corrected chi connectivity index (χ1v) is 7.15. The maximum atomic E-state index is 10.0. The van der Waals surface area contributed by atoms with E-state index < -0.39 is 0 Å². The van der Waals surface area contributed by atoms with Crippen LogP contribution < -0.4 is 9.47 Å². The zero-order valence-corrected chi connectivity index (χ0v) is 12.7. The fourth-order valence-electron chi connectivity index (χ4n) is 2.04. The molecule has 3 aromatic rings. The van der Waals surface area contributed by atoms with Crippen molar-refractivity contribution in [1.82, 2.24) is 0 Å². The number of phenols is 5. The Labute approximate surface area is 142 Å². The van der Waals surface area contributed by atoms with E-state index >= 15 is 0 Å². The van der Waals surface area contributed by atoms with Gasteiger partial charge in [0, 0.05) is 18.2 Å². The summed E-state index contributed by atoms with van der Waals surface area (Å²) in [6.45, 7) is 0. The number of aromatic hydroxyl groups is 5. The van der Waals surface area contributed by atoms with Gasteiger partial charge in [0.05, 0.1) is 0 Å². The molecule has 0 aliphatic heterocycles. The monoisotopic (exact) mass is 342 g/mol. The number of benzene rings is 3. The molecule has 0 unspecified atom stereocenters. The highest BCUT2D eigenvalue weighted by Gasteiger charge is 2.09. The molecule has 0 bridgehead atoms. The number of ether oxygens (including phenoxy) is 2. The largest absolute Gasteiger partial charge is 0.504 e. The molecule has 0 aliphatic carbocycles. The van der Waals surface area contributed by atoms with Gasteiger partial charge < -0.3 is 35.0 Å². The van der Waals surface area contributed by atoms with Crippen LogP contribution in [0.2, 0.25) is 0 Å². The van der Waals surface area contributed by atoms with Gasteiger partial charge in [-0.05, 0) is 36.4 Å². The summed E-state index contributed by atoms with van der Waals surface area (Å²) >= 11 is 0. The van der Waals surface area contributed by atoms with E-state index in [0.29, 0.717) is 0 Å². The number of phenolic OH excluding ortho intramolecular Hbond substituents is 5. The Kier molecular flexibility index (Phi) is 4.13. The molecule has 7 heteroatoms. The Morgan fingerprint density at radius 2 is 0.880 bits per heavy atom. The van der Waals surface area contributed by atoms with Gasteiger partial charge in [-0.2, -0.15) is 0 Å². The molecule has 7 nitrogen and oxygen atoms in total. The summed E-state index contributed by atoms with van der Waals surface area (Å²) in [7, 11) is 0. The van der Waals surface area contributed by atoms with E-state index in [-0.39, 0.29) is 51.7 Å². The number of hydrogen-bond acceptors (Lipinski definition) is 7. The lowest BCUT2D eigenvalue weighted by Crippen LogP contribution is -1.88. The van der Waals surface area contributed by atoms with E-state index in [0.717, 1.165) is 0 Å². The quantitative estimate of drug-likeness (QED) is 0.457. The molecule has 3 rings (SSSR count). The van der Waals surface area contributed by atoms with Gasteiger partial charge >= 0.3 is 0 Å². The second-order valence-corrected chi connectivity index (χ2v) is 5.13. The summed E-state index contributed by atoms with van der Waals surface area (Å²) < 4.78 is 10.9. The summed E-state index contributed by atoms with van der Waals surface area (Å²) in [6, 6.07) is 12.1. The molecule has 0 aromatic heterocycles. The Hall–Kier alpha value is -3.74. The van der Waals surface area contributed by atoms with Crippen molar-refractivity contribution in [2.24, 2.45) is 0 Å². The van der Waals surface area contributed by atoms with Crippen molar-refractivity contribution in [1.29, 1.82) is 0 Å². The zero-order valence-electron chi connectivity index (χ0n) is 12.7. The van der Waals surface area contributed by atoms with Crippen LogP contribution >= 0.6 is 0 Å². The predicted molar refractivity (Wildman–Crippen MR) is 87.8 cm³/mol. The molecule has 25 heavy (non-hydrogen) atoms. The van der Waals surface area contributed by atoms with Crippen molar-refractivity contribution in [3.8, 4) is 51.7 Å². The van der Waals surface area contributed by atoms with Crippen LogP contribution in [0.4, 0.5) is 0 Å². The van der Waals surface area contributed by atoms with Crippen molar-refractivity contribution in [2.75, 3.05) is 0 Å². The first-order valence-electron chi connectivity index (χ1n) is 7.15. The van der Waals surface area contributed by atoms with Crippen molar-refractivity contribution >= 4 is 0 Å². The Bertz CT molecular complexity index is 921. The van der Waals surface area contributed by atoms with Gasteiger partial charge in [0.1, 0.15) is 17.2 Å². The maximum Gasteiger partial charge on any atom is 0.169 e. The van der Waals surface area contributed by atoms with Crippen molar-refractivity contribution < 1.29 is 35.0 Å². The molecule has 0 spiro atoms. The first-order chi connectivity index (χ1) is 11.9. The molecule has 0 amide bonds. The van der Waals surface area contributed by atoms with E-state index in [1.165, 1.54) is 54.6 Å². The summed E-state index contributed by atoms with van der Waals surface area (Å²) in [6.07, 6.45) is 0. The van der Waals surface area contributed by atoms with Crippen molar-refractivity contribution in [3.63, 3.8) is 0 Å². The minimum absolute atomic E-state index is 0.117. The highest BCUT2D eigenvalue weighted by Crippen LogP contribution is 2.38. The fourth-order valence-corrected chi connectivity index (χ4v) is 2.04. The minimum Gasteiger partial charge on any atom is -0.504 e. The Balaban J connectivity index is 1.78. The molecular formula is C18H14O7. The van der Waals surface area contributed by atoms with Crippen LogP contribution in [0.25, 0.3) is 0 Å². The van der Waals surface area contributed by atoms with Gasteiger partial charge in [-0.25, -0.2) is 0 Å². The molecule has 0 heterocycles. The molecule has 128 valence electrons. The predicted octanol–water partition coefficient (Wildman–Crippen LogP) is 3.80. The molecule has 0 atom stereocenters. The second-order valence-electron chi connectivity index (χ2n) is 5.13. The molecule has 0 saturated carbocycles. The topological polar surface area (TPSA) is 120 Å². The average Bonchev–Trinajstić information content (AvgIpc) is 2.57. The number of rotatable bonds is 4. The molecule has 0 aliphatic rings. The first kappa shape index (κ1) is 16.1. The zero-order chi connectivity index (χ0) is 18.0. The molecule has 0 fully saturated rings. The lowest BCUT2D eigenvalue weighted by molar-refractivity contribution is 0.387. The maximum absolute atomic E-state index is 10.0. The van der Waals surface area contributed by atoms with Crippen LogP contribution in [0.3, 0.4) is 0 Å². The van der Waals surface area contributed by atoms with Crippen LogP contribution in [0, 0.1) is 0 Å². The normalized spacial score (nSPS) is 10.4. The van der Waals surface area contributed by atoms with Crippen molar-refractivity contribution in [2.45, 2.75) is 0 Å². The SMILES string of the molecule is Oc1ccc(Oc2ccc(Oc3ccc(O)c(O)c3)c(O)c2)cc1O. The van der Waals surface area contributed by atoms with E-state index in [1.807, 2.05) is 0 Å². The van der Waals surface area contributed by atoms with E-state index in [4.69, 9.17) is 9.47 Å². The smallest absolute Gasteiger partial charge is 0.169 e. The van der Waals surface area contributed by atoms with E-state index in [1.54, 1.807) is 0 Å². The van der Waals surface area contributed by atoms with Gasteiger partial charge in [0.2, 0.25) is 0 Å². The van der Waals surface area contributed by atoms with E-state index in [9.17, 15) is 25.5 Å². The summed E-state index contributed by atoms with van der Waals surface area (Å²) in [5, 5.41) is 47.5. The third kappa shape index (κ3) is 3.61. The highest BCUT2D eigenvalue weighted by molar-refractivity contribution is 5.51. The van der Waals surface area contributed by atoms with Crippen LogP contribution in [0.15, 0.2) is 54.6 Å². The standard InChI is InChI=1S/C18H14O7/c19-13-4-1-10(7-15(13)21)24-11-3-6-18(17(23)9-11)25-12-2-5-14(20)16(22)8-12/h1-9,19-23H. The van der Waals surface area contributed by atoms with Gasteiger partial charge in [-0.3, -0.25) is 0 Å². The van der Waals surface area contributed by atoms with E-state index in [2.05, 4.69) is 0 Å². The molecular weight excluding hydrogens is 328 g/mol. The Morgan fingerprint density at radius 3 is 1.36 bits per heavy atom. The molecule has 3 aromatic carbocycles.